The Bertz CT molecular complexity index is 629. The summed E-state index contributed by atoms with van der Waals surface area (Å²) in [6.45, 7) is 1.95. The number of rotatable bonds is 3. The fourth-order valence-corrected chi connectivity index (χ4v) is 2.13. The maximum atomic E-state index is 11.9. The summed E-state index contributed by atoms with van der Waals surface area (Å²) in [6, 6.07) is 12.6. The maximum Gasteiger partial charge on any atom is 0.323 e. The van der Waals surface area contributed by atoms with Crippen LogP contribution in [0, 0.1) is 6.92 Å². The van der Waals surface area contributed by atoms with Crippen molar-refractivity contribution in [2.75, 3.05) is 17.7 Å². The van der Waals surface area contributed by atoms with Gasteiger partial charge in [0.2, 0.25) is 0 Å². The number of ether oxygens (including phenoxy) is 1. The highest BCUT2D eigenvalue weighted by Gasteiger charge is 2.06. The Morgan fingerprint density at radius 1 is 1.15 bits per heavy atom. The molecule has 2 N–H and O–H groups in total. The van der Waals surface area contributed by atoms with Gasteiger partial charge in [-0.3, -0.25) is 0 Å². The number of benzene rings is 2. The second-order valence-electron chi connectivity index (χ2n) is 4.24. The molecule has 0 atom stereocenters. The number of hydrogen-bond acceptors (Lipinski definition) is 2. The molecule has 0 saturated heterocycles. The third-order valence-electron chi connectivity index (χ3n) is 2.79. The first-order chi connectivity index (χ1) is 9.60. The van der Waals surface area contributed by atoms with Gasteiger partial charge in [-0.05, 0) is 46.6 Å². The molecular formula is C15H15BrN2O2. The van der Waals surface area contributed by atoms with Crippen LogP contribution in [0.4, 0.5) is 16.2 Å². The van der Waals surface area contributed by atoms with E-state index in [1.807, 2.05) is 43.3 Å². The van der Waals surface area contributed by atoms with Gasteiger partial charge in [0.15, 0.2) is 0 Å². The van der Waals surface area contributed by atoms with Crippen molar-refractivity contribution in [1.82, 2.24) is 0 Å². The SMILES string of the molecule is COc1cc(NC(=O)Nc2ccccc2Br)ccc1C. The minimum Gasteiger partial charge on any atom is -0.496 e. The van der Waals surface area contributed by atoms with Gasteiger partial charge in [0.05, 0.1) is 12.8 Å². The largest absolute Gasteiger partial charge is 0.496 e. The predicted octanol–water partition coefficient (Wildman–Crippen LogP) is 4.41. The normalized spacial score (nSPS) is 9.95. The number of halogens is 1. The number of hydrogen-bond donors (Lipinski definition) is 2. The summed E-state index contributed by atoms with van der Waals surface area (Å²) in [5.41, 5.74) is 2.41. The summed E-state index contributed by atoms with van der Waals surface area (Å²) in [5.74, 6) is 0.740. The van der Waals surface area contributed by atoms with Crippen LogP contribution < -0.4 is 15.4 Å². The summed E-state index contributed by atoms with van der Waals surface area (Å²) >= 11 is 3.38. The Morgan fingerprint density at radius 2 is 1.90 bits per heavy atom. The van der Waals surface area contributed by atoms with Gasteiger partial charge in [-0.15, -0.1) is 0 Å². The number of methoxy groups -OCH3 is 1. The van der Waals surface area contributed by atoms with Gasteiger partial charge < -0.3 is 15.4 Å². The molecule has 0 aliphatic heterocycles. The molecule has 0 fully saturated rings. The van der Waals surface area contributed by atoms with Gasteiger partial charge in [-0.25, -0.2) is 4.79 Å². The molecule has 104 valence electrons. The third-order valence-corrected chi connectivity index (χ3v) is 3.48. The molecule has 2 aromatic carbocycles. The lowest BCUT2D eigenvalue weighted by atomic mass is 10.2. The third kappa shape index (κ3) is 3.51. The zero-order valence-corrected chi connectivity index (χ0v) is 12.8. The fourth-order valence-electron chi connectivity index (χ4n) is 1.74. The van der Waals surface area contributed by atoms with Crippen LogP contribution in [-0.4, -0.2) is 13.1 Å². The van der Waals surface area contributed by atoms with Crippen molar-refractivity contribution >= 4 is 33.3 Å². The summed E-state index contributed by atoms with van der Waals surface area (Å²) < 4.78 is 6.06. The first-order valence-corrected chi connectivity index (χ1v) is 6.86. The molecule has 20 heavy (non-hydrogen) atoms. The molecule has 0 bridgehead atoms. The lowest BCUT2D eigenvalue weighted by Crippen LogP contribution is -2.19. The number of anilines is 2. The van der Waals surface area contributed by atoms with Crippen LogP contribution in [0.25, 0.3) is 0 Å². The van der Waals surface area contributed by atoms with E-state index in [1.54, 1.807) is 13.2 Å². The quantitative estimate of drug-likeness (QED) is 0.873. The van der Waals surface area contributed by atoms with E-state index in [9.17, 15) is 4.79 Å². The molecule has 0 aromatic heterocycles. The van der Waals surface area contributed by atoms with Crippen molar-refractivity contribution in [3.05, 3.63) is 52.5 Å². The first-order valence-electron chi connectivity index (χ1n) is 6.07. The van der Waals surface area contributed by atoms with Crippen LogP contribution in [0.1, 0.15) is 5.56 Å². The van der Waals surface area contributed by atoms with Crippen molar-refractivity contribution in [3.8, 4) is 5.75 Å². The van der Waals surface area contributed by atoms with Gasteiger partial charge in [0.25, 0.3) is 0 Å². The van der Waals surface area contributed by atoms with E-state index in [0.717, 1.165) is 15.8 Å². The van der Waals surface area contributed by atoms with E-state index in [2.05, 4.69) is 26.6 Å². The zero-order valence-electron chi connectivity index (χ0n) is 11.2. The van der Waals surface area contributed by atoms with Crippen molar-refractivity contribution in [2.24, 2.45) is 0 Å². The number of para-hydroxylation sites is 1. The molecule has 4 nitrogen and oxygen atoms in total. The first kappa shape index (κ1) is 14.4. The molecule has 0 aliphatic carbocycles. The highest BCUT2D eigenvalue weighted by Crippen LogP contribution is 2.23. The second kappa shape index (κ2) is 6.43. The fraction of sp³-hybridized carbons (Fsp3) is 0.133. The van der Waals surface area contributed by atoms with E-state index in [1.165, 1.54) is 0 Å². The van der Waals surface area contributed by atoms with Crippen LogP contribution >= 0.6 is 15.9 Å². The molecule has 0 unspecified atom stereocenters. The smallest absolute Gasteiger partial charge is 0.323 e. The van der Waals surface area contributed by atoms with E-state index in [4.69, 9.17) is 4.74 Å². The van der Waals surface area contributed by atoms with Gasteiger partial charge in [0, 0.05) is 16.2 Å². The molecule has 0 aliphatic rings. The maximum absolute atomic E-state index is 11.9. The summed E-state index contributed by atoms with van der Waals surface area (Å²) in [4.78, 5) is 11.9. The number of aryl methyl sites for hydroxylation is 1. The van der Waals surface area contributed by atoms with Crippen molar-refractivity contribution < 1.29 is 9.53 Å². The molecule has 2 amide bonds. The topological polar surface area (TPSA) is 50.4 Å². The molecule has 2 aromatic rings. The average Bonchev–Trinajstić information content (AvgIpc) is 2.43. The molecule has 5 heteroatoms. The van der Waals surface area contributed by atoms with Crippen LogP contribution in [-0.2, 0) is 0 Å². The Kier molecular flexibility index (Phi) is 4.63. The van der Waals surface area contributed by atoms with Gasteiger partial charge >= 0.3 is 6.03 Å². The number of carbonyl (C=O) groups excluding carboxylic acids is 1. The number of urea groups is 1. The van der Waals surface area contributed by atoms with Crippen LogP contribution in [0.3, 0.4) is 0 Å². The predicted molar refractivity (Wildman–Crippen MR) is 84.5 cm³/mol. The zero-order chi connectivity index (χ0) is 14.5. The molecule has 0 saturated carbocycles. The van der Waals surface area contributed by atoms with Gasteiger partial charge in [-0.1, -0.05) is 18.2 Å². The molecule has 0 spiro atoms. The minimum absolute atomic E-state index is 0.303. The summed E-state index contributed by atoms with van der Waals surface area (Å²) in [6.07, 6.45) is 0. The number of carbonyl (C=O) groups is 1. The molecule has 0 radical (unpaired) electrons. The van der Waals surface area contributed by atoms with E-state index >= 15 is 0 Å². The number of nitrogens with one attached hydrogen (secondary N) is 2. The monoisotopic (exact) mass is 334 g/mol. The van der Waals surface area contributed by atoms with E-state index in [0.29, 0.717) is 11.4 Å². The lowest BCUT2D eigenvalue weighted by Gasteiger charge is -2.11. The Morgan fingerprint density at radius 3 is 2.60 bits per heavy atom. The van der Waals surface area contributed by atoms with Crippen molar-refractivity contribution in [2.45, 2.75) is 6.92 Å². The van der Waals surface area contributed by atoms with E-state index < -0.39 is 0 Å². The second-order valence-corrected chi connectivity index (χ2v) is 5.10. The van der Waals surface area contributed by atoms with Gasteiger partial charge in [0.1, 0.15) is 5.75 Å². The Balaban J connectivity index is 2.07. The Hall–Kier alpha value is -2.01. The van der Waals surface area contributed by atoms with Crippen molar-refractivity contribution in [3.63, 3.8) is 0 Å². The standard InChI is InChI=1S/C15H15BrN2O2/c1-10-7-8-11(9-14(10)20-2)17-15(19)18-13-6-4-3-5-12(13)16/h3-9H,1-2H3,(H2,17,18,19). The Labute approximate surface area is 126 Å². The van der Waals surface area contributed by atoms with Crippen LogP contribution in [0.5, 0.6) is 5.75 Å². The minimum atomic E-state index is -0.303. The average molecular weight is 335 g/mol. The van der Waals surface area contributed by atoms with E-state index in [-0.39, 0.29) is 6.03 Å². The summed E-state index contributed by atoms with van der Waals surface area (Å²) in [5, 5.41) is 5.54. The van der Waals surface area contributed by atoms with Crippen molar-refractivity contribution in [1.29, 1.82) is 0 Å². The molecule has 0 heterocycles. The van der Waals surface area contributed by atoms with Gasteiger partial charge in [-0.2, -0.15) is 0 Å². The molecular weight excluding hydrogens is 320 g/mol. The number of amides is 2. The highest BCUT2D eigenvalue weighted by atomic mass is 79.9. The van der Waals surface area contributed by atoms with Crippen LogP contribution in [0.15, 0.2) is 46.9 Å². The summed E-state index contributed by atoms with van der Waals surface area (Å²) in [7, 11) is 1.60. The highest BCUT2D eigenvalue weighted by molar-refractivity contribution is 9.10. The lowest BCUT2D eigenvalue weighted by molar-refractivity contribution is 0.262. The molecule has 2 rings (SSSR count). The van der Waals surface area contributed by atoms with Crippen LogP contribution in [0.2, 0.25) is 0 Å².